The molecule has 0 spiro atoms. The maximum absolute atomic E-state index is 14.5. The molecule has 13 nitrogen and oxygen atoms in total. The molecule has 15 heteroatoms. The summed E-state index contributed by atoms with van der Waals surface area (Å²) >= 11 is 3.02. The van der Waals surface area contributed by atoms with Crippen LogP contribution < -0.4 is 10.6 Å². The molecule has 3 aromatic heterocycles. The first-order chi connectivity index (χ1) is 24.4. The lowest BCUT2D eigenvalue weighted by Crippen LogP contribution is -2.56. The van der Waals surface area contributed by atoms with E-state index in [1.54, 1.807) is 39.5 Å². The van der Waals surface area contributed by atoms with Crippen molar-refractivity contribution in [2.24, 2.45) is 5.92 Å². The van der Waals surface area contributed by atoms with Crippen LogP contribution in [0.25, 0.3) is 32.2 Å². The van der Waals surface area contributed by atoms with Crippen molar-refractivity contribution in [3.05, 3.63) is 53.8 Å². The Hall–Kier alpha value is -4.63. The minimum absolute atomic E-state index is 0.145. The molecule has 0 bridgehead atoms. The lowest BCUT2D eigenvalue weighted by atomic mass is 10.0. The number of thiazole rings is 2. The van der Waals surface area contributed by atoms with Gasteiger partial charge >= 0.3 is 12.1 Å². The molecule has 5 heterocycles. The van der Waals surface area contributed by atoms with E-state index in [0.29, 0.717) is 12.8 Å². The van der Waals surface area contributed by atoms with Gasteiger partial charge in [0.25, 0.3) is 0 Å². The molecule has 0 unspecified atom stereocenters. The summed E-state index contributed by atoms with van der Waals surface area (Å²) in [6.45, 7) is 5.40. The molecule has 3 amide bonds. The summed E-state index contributed by atoms with van der Waals surface area (Å²) in [5.41, 5.74) is 1.07. The molecule has 2 fully saturated rings. The smallest absolute Gasteiger partial charge is 0.408 e. The highest BCUT2D eigenvalue weighted by molar-refractivity contribution is 7.13. The summed E-state index contributed by atoms with van der Waals surface area (Å²) in [7, 11) is 0. The quantitative estimate of drug-likeness (QED) is 0.215. The fourth-order valence-corrected chi connectivity index (χ4v) is 8.44. The molecule has 3 N–H and O–H groups in total. The fourth-order valence-electron chi connectivity index (χ4n) is 7.16. The number of rotatable bonds is 5. The van der Waals surface area contributed by atoms with Crippen molar-refractivity contribution in [1.82, 2.24) is 35.1 Å². The lowest BCUT2D eigenvalue weighted by Gasteiger charge is -2.30. The molecule has 1 saturated heterocycles. The highest BCUT2D eigenvalue weighted by Gasteiger charge is 2.61. The molecule has 5 atom stereocenters. The van der Waals surface area contributed by atoms with E-state index in [1.807, 2.05) is 39.6 Å². The average molecular weight is 732 g/mol. The van der Waals surface area contributed by atoms with E-state index < -0.39 is 47.1 Å². The SMILES string of the molecule is CC(C)(C)OC(=O)N[C@H]1CCCCC/C=C\[C@@H]2C[C@@]2(C(=O)O)NC(=O)[C@@H]2C[C@@H](n3cnc4c(-c5nccs5)cc(-c5nccs5)cc43)CN2C1=O. The van der Waals surface area contributed by atoms with Crippen molar-refractivity contribution in [3.8, 4) is 21.1 Å². The molecule has 0 radical (unpaired) electrons. The molecular weight excluding hydrogens is 691 g/mol. The number of nitrogens with zero attached hydrogens (tertiary/aromatic N) is 5. The monoisotopic (exact) mass is 731 g/mol. The number of nitrogens with one attached hydrogen (secondary N) is 2. The van der Waals surface area contributed by atoms with Crippen LogP contribution in [0.15, 0.2) is 53.8 Å². The Morgan fingerprint density at radius 2 is 1.82 bits per heavy atom. The highest BCUT2D eigenvalue weighted by atomic mass is 32.1. The number of benzene rings is 1. The Morgan fingerprint density at radius 3 is 2.53 bits per heavy atom. The summed E-state index contributed by atoms with van der Waals surface area (Å²) in [6.07, 6.45) is 12.3. The second-order valence-corrected chi connectivity index (χ2v) is 16.2. The molecule has 2 aliphatic heterocycles. The van der Waals surface area contributed by atoms with Gasteiger partial charge in [-0.05, 0) is 65.0 Å². The molecule has 268 valence electrons. The Labute approximate surface area is 303 Å². The third-order valence-electron chi connectivity index (χ3n) is 9.74. The standard InChI is InChI=1S/C36H41N7O6S2/c1-35(2,3)49-34(48)40-25-10-8-6-4-5-7-9-22-18-36(22,33(46)47)41-29(44)27-17-23(19-42(27)32(25)45)43-20-39-28-24(31-38-12-14-51-31)15-21(16-26(28)43)30-37-11-13-50-30/h7,9,11-16,20,22-23,25,27H,4-6,8,10,17-19H2,1-3H3,(H,40,48)(H,41,44)(H,46,47)/b9-7-/t22-,23-,25+,27+,36-/m1/s1. The van der Waals surface area contributed by atoms with Gasteiger partial charge in [-0.3, -0.25) is 9.59 Å². The van der Waals surface area contributed by atoms with Crippen molar-refractivity contribution < 1.29 is 29.0 Å². The Kier molecular flexibility index (Phi) is 9.44. The van der Waals surface area contributed by atoms with E-state index in [-0.39, 0.29) is 31.3 Å². The fraction of sp³-hybridized carbons (Fsp3) is 0.472. The number of allylic oxidation sites excluding steroid dienone is 1. The number of hydrogen-bond acceptors (Lipinski definition) is 10. The van der Waals surface area contributed by atoms with Gasteiger partial charge in [0.15, 0.2) is 0 Å². The first-order valence-electron chi connectivity index (χ1n) is 17.3. The average Bonchev–Trinajstić information content (AvgIpc) is 3.72. The van der Waals surface area contributed by atoms with Crippen LogP contribution in [0.5, 0.6) is 0 Å². The van der Waals surface area contributed by atoms with Gasteiger partial charge in [-0.1, -0.05) is 25.0 Å². The largest absolute Gasteiger partial charge is 0.479 e. The van der Waals surface area contributed by atoms with E-state index >= 15 is 0 Å². The zero-order chi connectivity index (χ0) is 35.9. The summed E-state index contributed by atoms with van der Waals surface area (Å²) in [5.74, 6) is -2.38. The summed E-state index contributed by atoms with van der Waals surface area (Å²) in [5, 5.41) is 21.3. The van der Waals surface area contributed by atoms with Crippen LogP contribution in [-0.4, -0.2) is 83.2 Å². The van der Waals surface area contributed by atoms with E-state index in [1.165, 1.54) is 27.6 Å². The predicted molar refractivity (Wildman–Crippen MR) is 193 cm³/mol. The maximum Gasteiger partial charge on any atom is 0.408 e. The number of amides is 3. The topological polar surface area (TPSA) is 169 Å². The number of carboxylic acid groups (broad SMARTS) is 1. The molecule has 1 saturated carbocycles. The number of hydrogen-bond donors (Lipinski definition) is 3. The van der Waals surface area contributed by atoms with Crippen LogP contribution in [0.4, 0.5) is 4.79 Å². The van der Waals surface area contributed by atoms with E-state index in [2.05, 4.69) is 20.6 Å². The second-order valence-electron chi connectivity index (χ2n) is 14.5. The number of fused-ring (bicyclic) bond motifs is 3. The van der Waals surface area contributed by atoms with Crippen LogP contribution in [0.1, 0.15) is 71.8 Å². The zero-order valence-electron chi connectivity index (χ0n) is 28.7. The van der Waals surface area contributed by atoms with Gasteiger partial charge in [-0.15, -0.1) is 22.7 Å². The van der Waals surface area contributed by atoms with Gasteiger partial charge in [0.05, 0.1) is 23.4 Å². The Balaban J connectivity index is 1.27. The van der Waals surface area contributed by atoms with Crippen LogP contribution in [-0.2, 0) is 19.1 Å². The molecule has 1 aromatic carbocycles. The number of carbonyl (C=O) groups is 4. The van der Waals surface area contributed by atoms with Crippen LogP contribution in [0.2, 0.25) is 0 Å². The molecule has 4 aromatic rings. The first-order valence-corrected chi connectivity index (χ1v) is 19.0. The van der Waals surface area contributed by atoms with Crippen LogP contribution in [0.3, 0.4) is 0 Å². The van der Waals surface area contributed by atoms with E-state index in [9.17, 15) is 24.3 Å². The number of aliphatic carboxylic acids is 1. The van der Waals surface area contributed by atoms with Crippen LogP contribution >= 0.6 is 22.7 Å². The first kappa shape index (κ1) is 34.8. The van der Waals surface area contributed by atoms with E-state index in [4.69, 9.17) is 9.72 Å². The number of carbonyl (C=O) groups excluding carboxylic acids is 3. The third-order valence-corrected chi connectivity index (χ3v) is 11.4. The molecule has 7 rings (SSSR count). The van der Waals surface area contributed by atoms with E-state index in [0.717, 1.165) is 51.4 Å². The van der Waals surface area contributed by atoms with Gasteiger partial charge in [0.2, 0.25) is 11.8 Å². The molecule has 1 aliphatic carbocycles. The number of imidazole rings is 1. The predicted octanol–water partition coefficient (Wildman–Crippen LogP) is 5.80. The van der Waals surface area contributed by atoms with Crippen molar-refractivity contribution >= 4 is 57.6 Å². The van der Waals surface area contributed by atoms with Gasteiger partial charge in [-0.2, -0.15) is 0 Å². The summed E-state index contributed by atoms with van der Waals surface area (Å²) in [4.78, 5) is 69.7. The number of alkyl carbamates (subject to hydrolysis) is 1. The minimum atomic E-state index is -1.43. The zero-order valence-corrected chi connectivity index (χ0v) is 30.3. The third kappa shape index (κ3) is 7.13. The Morgan fingerprint density at radius 1 is 1.06 bits per heavy atom. The van der Waals surface area contributed by atoms with Gasteiger partial charge in [0.1, 0.15) is 33.2 Å². The van der Waals surface area contributed by atoms with Crippen molar-refractivity contribution in [2.75, 3.05) is 6.54 Å². The van der Waals surface area contributed by atoms with Gasteiger partial charge in [0, 0.05) is 46.7 Å². The highest BCUT2D eigenvalue weighted by Crippen LogP contribution is 2.46. The minimum Gasteiger partial charge on any atom is -0.479 e. The normalized spacial score (nSPS) is 26.4. The van der Waals surface area contributed by atoms with Crippen LogP contribution in [0, 0.1) is 5.92 Å². The summed E-state index contributed by atoms with van der Waals surface area (Å²) in [6, 6.07) is 1.73. The maximum atomic E-state index is 14.5. The molecule has 3 aliphatic rings. The number of aromatic nitrogens is 4. The molecular formula is C36H41N7O6S2. The number of ether oxygens (including phenoxy) is 1. The van der Waals surface area contributed by atoms with Gasteiger partial charge < -0.3 is 29.9 Å². The van der Waals surface area contributed by atoms with Gasteiger partial charge in [-0.25, -0.2) is 24.5 Å². The second kappa shape index (κ2) is 13.8. The lowest BCUT2D eigenvalue weighted by molar-refractivity contribution is -0.145. The summed E-state index contributed by atoms with van der Waals surface area (Å²) < 4.78 is 7.51. The molecule has 51 heavy (non-hydrogen) atoms. The van der Waals surface area contributed by atoms with Crippen molar-refractivity contribution in [3.63, 3.8) is 0 Å². The Bertz CT molecular complexity index is 1970. The van der Waals surface area contributed by atoms with Crippen molar-refractivity contribution in [1.29, 1.82) is 0 Å². The van der Waals surface area contributed by atoms with Crippen molar-refractivity contribution in [2.45, 2.75) is 95.0 Å². The number of carboxylic acids is 1.